The number of carbonyl (C=O) groups excluding carboxylic acids is 1. The predicted molar refractivity (Wildman–Crippen MR) is 58.4 cm³/mol. The smallest absolute Gasteiger partial charge is 0.343 e. The molecule has 1 saturated carbocycles. The van der Waals surface area contributed by atoms with E-state index in [2.05, 4.69) is 0 Å². The molecule has 0 heterocycles. The molecule has 2 N–H and O–H groups in total. The molecule has 1 aliphatic rings. The highest BCUT2D eigenvalue weighted by molar-refractivity contribution is 5.95. The van der Waals surface area contributed by atoms with E-state index in [1.165, 1.54) is 31.0 Å². The van der Waals surface area contributed by atoms with Crippen LogP contribution in [0.5, 0.6) is 0 Å². The normalized spacial score (nSPS) is 14.8. The molecule has 0 aromatic heterocycles. The van der Waals surface area contributed by atoms with Crippen LogP contribution in [0.3, 0.4) is 0 Å². The molecule has 1 aromatic rings. The van der Waals surface area contributed by atoms with Gasteiger partial charge in [-0.05, 0) is 24.5 Å². The molecule has 0 spiro atoms. The molecule has 0 bridgehead atoms. The van der Waals surface area contributed by atoms with Crippen molar-refractivity contribution in [1.29, 1.82) is 0 Å². The van der Waals surface area contributed by atoms with E-state index in [9.17, 15) is 9.18 Å². The molecule has 4 heteroatoms. The fraction of sp³-hybridized carbons (Fsp3) is 0.417. The molecular weight excluding hydrogens is 209 g/mol. The predicted octanol–water partition coefficient (Wildman–Crippen LogP) is 2.36. The van der Waals surface area contributed by atoms with Gasteiger partial charge in [0.05, 0.1) is 6.61 Å². The minimum Gasteiger partial charge on any atom is -0.462 e. The quantitative estimate of drug-likeness (QED) is 0.629. The molecule has 1 aliphatic carbocycles. The molecule has 0 saturated heterocycles. The average molecular weight is 223 g/mol. The van der Waals surface area contributed by atoms with Crippen LogP contribution in [0.2, 0.25) is 0 Å². The second kappa shape index (κ2) is 4.51. The van der Waals surface area contributed by atoms with E-state index < -0.39 is 11.8 Å². The summed E-state index contributed by atoms with van der Waals surface area (Å²) in [7, 11) is 0. The van der Waals surface area contributed by atoms with Crippen LogP contribution >= 0.6 is 0 Å². The first-order chi connectivity index (χ1) is 7.68. The van der Waals surface area contributed by atoms with Crippen LogP contribution in [0.1, 0.15) is 29.6 Å². The number of nitrogens with two attached hydrogens (primary N) is 1. The van der Waals surface area contributed by atoms with Crippen LogP contribution in [0.4, 0.5) is 10.1 Å². The first-order valence-corrected chi connectivity index (χ1v) is 5.39. The molecule has 1 fully saturated rings. The largest absolute Gasteiger partial charge is 0.462 e. The lowest BCUT2D eigenvalue weighted by molar-refractivity contribution is 0.0491. The molecule has 0 radical (unpaired) electrons. The van der Waals surface area contributed by atoms with Crippen molar-refractivity contribution in [1.82, 2.24) is 0 Å². The average Bonchev–Trinajstić information content (AvgIpc) is 3.01. The maximum Gasteiger partial charge on any atom is 0.343 e. The third kappa shape index (κ3) is 2.51. The van der Waals surface area contributed by atoms with Gasteiger partial charge in [-0.25, -0.2) is 9.18 Å². The van der Waals surface area contributed by atoms with Crippen molar-refractivity contribution in [3.8, 4) is 0 Å². The highest BCUT2D eigenvalue weighted by Crippen LogP contribution is 2.32. The Hall–Kier alpha value is -1.58. The molecule has 0 aliphatic heterocycles. The summed E-state index contributed by atoms with van der Waals surface area (Å²) in [5, 5.41) is 0. The van der Waals surface area contributed by atoms with Gasteiger partial charge in [0.25, 0.3) is 0 Å². The Bertz CT molecular complexity index is 382. The highest BCUT2D eigenvalue weighted by Gasteiger charge is 2.22. The Morgan fingerprint density at radius 3 is 2.88 bits per heavy atom. The van der Waals surface area contributed by atoms with Gasteiger partial charge in [-0.1, -0.05) is 18.9 Å². The van der Waals surface area contributed by atoms with Gasteiger partial charge >= 0.3 is 5.97 Å². The Morgan fingerprint density at radius 2 is 2.25 bits per heavy atom. The fourth-order valence-electron chi connectivity index (χ4n) is 1.55. The lowest BCUT2D eigenvalue weighted by atomic mass is 10.2. The third-order valence-electron chi connectivity index (χ3n) is 2.71. The summed E-state index contributed by atoms with van der Waals surface area (Å²) in [6, 6.07) is 4.15. The zero-order chi connectivity index (χ0) is 11.5. The van der Waals surface area contributed by atoms with Crippen LogP contribution in [0, 0.1) is 11.7 Å². The Labute approximate surface area is 93.4 Å². The first-order valence-electron chi connectivity index (χ1n) is 5.39. The summed E-state index contributed by atoms with van der Waals surface area (Å²) in [6.45, 7) is 0.345. The molecule has 3 nitrogen and oxygen atoms in total. The minimum atomic E-state index is -0.670. The van der Waals surface area contributed by atoms with E-state index in [4.69, 9.17) is 10.5 Å². The second-order valence-electron chi connectivity index (χ2n) is 4.07. The number of ether oxygens (including phenoxy) is 1. The molecule has 0 amide bonds. The number of halogens is 1. The van der Waals surface area contributed by atoms with E-state index >= 15 is 0 Å². The third-order valence-corrected chi connectivity index (χ3v) is 2.71. The number of carbonyl (C=O) groups is 1. The van der Waals surface area contributed by atoms with E-state index in [1.54, 1.807) is 0 Å². The summed E-state index contributed by atoms with van der Waals surface area (Å²) in [5.74, 6) is -0.613. The van der Waals surface area contributed by atoms with Crippen LogP contribution in [-0.4, -0.2) is 12.6 Å². The molecule has 86 valence electrons. The molecular formula is C12H14FNO2. The highest BCUT2D eigenvalue weighted by atomic mass is 19.1. The van der Waals surface area contributed by atoms with Gasteiger partial charge in [0.15, 0.2) is 0 Å². The molecule has 1 aromatic carbocycles. The summed E-state index contributed by atoms with van der Waals surface area (Å²) in [5.41, 5.74) is 5.49. The lowest BCUT2D eigenvalue weighted by Crippen LogP contribution is -2.11. The van der Waals surface area contributed by atoms with Crippen molar-refractivity contribution < 1.29 is 13.9 Å². The SMILES string of the molecule is Nc1cccc(F)c1C(=O)OCCC1CC1. The molecule has 0 atom stereocenters. The van der Waals surface area contributed by atoms with Crippen molar-refractivity contribution in [2.45, 2.75) is 19.3 Å². The fourth-order valence-corrected chi connectivity index (χ4v) is 1.55. The van der Waals surface area contributed by atoms with Gasteiger partial charge < -0.3 is 10.5 Å². The summed E-state index contributed by atoms with van der Waals surface area (Å²) in [6.07, 6.45) is 3.28. The monoisotopic (exact) mass is 223 g/mol. The van der Waals surface area contributed by atoms with Crippen LogP contribution < -0.4 is 5.73 Å². The number of esters is 1. The number of rotatable bonds is 4. The number of nitrogen functional groups attached to an aromatic ring is 1. The van der Waals surface area contributed by atoms with Crippen molar-refractivity contribution >= 4 is 11.7 Å². The number of benzene rings is 1. The Morgan fingerprint density at radius 1 is 1.50 bits per heavy atom. The summed E-state index contributed by atoms with van der Waals surface area (Å²) < 4.78 is 18.3. The zero-order valence-electron chi connectivity index (χ0n) is 8.91. The Kier molecular flexibility index (Phi) is 3.08. The zero-order valence-corrected chi connectivity index (χ0v) is 8.91. The first kappa shape index (κ1) is 10.9. The summed E-state index contributed by atoms with van der Waals surface area (Å²) >= 11 is 0. The van der Waals surface area contributed by atoms with E-state index in [0.717, 1.165) is 6.42 Å². The number of anilines is 1. The Balaban J connectivity index is 1.96. The van der Waals surface area contributed by atoms with Crippen molar-refractivity contribution in [3.05, 3.63) is 29.6 Å². The topological polar surface area (TPSA) is 52.3 Å². The van der Waals surface area contributed by atoms with Gasteiger partial charge in [0, 0.05) is 5.69 Å². The van der Waals surface area contributed by atoms with Crippen LogP contribution in [-0.2, 0) is 4.74 Å². The molecule has 2 rings (SSSR count). The molecule has 0 unspecified atom stereocenters. The van der Waals surface area contributed by atoms with Gasteiger partial charge in [-0.2, -0.15) is 0 Å². The molecule has 16 heavy (non-hydrogen) atoms. The number of hydrogen-bond acceptors (Lipinski definition) is 3. The van der Waals surface area contributed by atoms with Gasteiger partial charge in [-0.3, -0.25) is 0 Å². The minimum absolute atomic E-state index is 0.122. The standard InChI is InChI=1S/C12H14FNO2/c13-9-2-1-3-10(14)11(9)12(15)16-7-6-8-4-5-8/h1-3,8H,4-7,14H2. The lowest BCUT2D eigenvalue weighted by Gasteiger charge is -2.07. The van der Waals surface area contributed by atoms with Gasteiger partial charge in [0.2, 0.25) is 0 Å². The van der Waals surface area contributed by atoms with Crippen molar-refractivity contribution in [2.24, 2.45) is 5.92 Å². The number of hydrogen-bond donors (Lipinski definition) is 1. The van der Waals surface area contributed by atoms with Crippen molar-refractivity contribution in [2.75, 3.05) is 12.3 Å². The van der Waals surface area contributed by atoms with E-state index in [0.29, 0.717) is 12.5 Å². The second-order valence-corrected chi connectivity index (χ2v) is 4.07. The summed E-state index contributed by atoms with van der Waals surface area (Å²) in [4.78, 5) is 11.5. The maximum atomic E-state index is 13.3. The van der Waals surface area contributed by atoms with Crippen LogP contribution in [0.25, 0.3) is 0 Å². The van der Waals surface area contributed by atoms with Gasteiger partial charge in [0.1, 0.15) is 11.4 Å². The van der Waals surface area contributed by atoms with E-state index in [1.807, 2.05) is 0 Å². The van der Waals surface area contributed by atoms with Gasteiger partial charge in [-0.15, -0.1) is 0 Å². The van der Waals surface area contributed by atoms with E-state index in [-0.39, 0.29) is 11.3 Å². The maximum absolute atomic E-state index is 13.3. The van der Waals surface area contributed by atoms with Crippen molar-refractivity contribution in [3.63, 3.8) is 0 Å². The van der Waals surface area contributed by atoms with Crippen LogP contribution in [0.15, 0.2) is 18.2 Å².